The van der Waals surface area contributed by atoms with Crippen molar-refractivity contribution in [2.24, 2.45) is 0 Å². The van der Waals surface area contributed by atoms with Crippen LogP contribution in [-0.4, -0.2) is 45.8 Å². The largest absolute Gasteiger partial charge is 0.361 e. The van der Waals surface area contributed by atoms with Gasteiger partial charge in [0.05, 0.1) is 5.69 Å². The van der Waals surface area contributed by atoms with Gasteiger partial charge >= 0.3 is 0 Å². The molecular weight excluding hydrogens is 280 g/mol. The van der Waals surface area contributed by atoms with Crippen molar-refractivity contribution in [3.8, 4) is 0 Å². The lowest BCUT2D eigenvalue weighted by molar-refractivity contribution is 0.0921. The van der Waals surface area contributed by atoms with Crippen LogP contribution in [0.4, 0.5) is 5.82 Å². The third-order valence-electron chi connectivity index (χ3n) is 3.79. The third-order valence-corrected chi connectivity index (χ3v) is 3.79. The molecule has 2 aromatic rings. The van der Waals surface area contributed by atoms with E-state index in [1.807, 2.05) is 32.1 Å². The molecule has 0 radical (unpaired) electrons. The van der Waals surface area contributed by atoms with Gasteiger partial charge in [-0.3, -0.25) is 4.79 Å². The van der Waals surface area contributed by atoms with Crippen LogP contribution in [0.3, 0.4) is 0 Å². The molecule has 0 bridgehead atoms. The molecule has 0 saturated heterocycles. The average Bonchev–Trinajstić information content (AvgIpc) is 2.86. The average molecular weight is 300 g/mol. The molecule has 1 atom stereocenters. The van der Waals surface area contributed by atoms with Gasteiger partial charge in [-0.2, -0.15) is 0 Å². The van der Waals surface area contributed by atoms with Gasteiger partial charge in [0.25, 0.3) is 5.91 Å². The summed E-state index contributed by atoms with van der Waals surface area (Å²) in [4.78, 5) is 18.6. The van der Waals surface area contributed by atoms with Crippen molar-refractivity contribution >= 4 is 11.7 Å². The highest BCUT2D eigenvalue weighted by atomic mass is 16.2. The van der Waals surface area contributed by atoms with Gasteiger partial charge in [0, 0.05) is 39.3 Å². The van der Waals surface area contributed by atoms with Crippen molar-refractivity contribution in [2.45, 2.75) is 32.4 Å². The fourth-order valence-corrected chi connectivity index (χ4v) is 2.65. The molecule has 2 aromatic heterocycles. The first-order chi connectivity index (χ1) is 10.5. The number of nitrogens with zero attached hydrogens (tertiary/aromatic N) is 5. The number of carbonyl (C=O) groups excluding carboxylic acids is 1. The second-order valence-electron chi connectivity index (χ2n) is 5.83. The summed E-state index contributed by atoms with van der Waals surface area (Å²) in [6, 6.07) is 3.59. The summed E-state index contributed by atoms with van der Waals surface area (Å²) in [5.74, 6) is 1.65. The van der Waals surface area contributed by atoms with Gasteiger partial charge in [0.1, 0.15) is 5.82 Å². The summed E-state index contributed by atoms with van der Waals surface area (Å²) in [6.45, 7) is 2.74. The van der Waals surface area contributed by atoms with Crippen molar-refractivity contribution in [3.05, 3.63) is 35.5 Å². The van der Waals surface area contributed by atoms with Gasteiger partial charge in [0.2, 0.25) is 0 Å². The van der Waals surface area contributed by atoms with Gasteiger partial charge in [-0.05, 0) is 25.5 Å². The molecule has 1 N–H and O–H groups in total. The Balaban J connectivity index is 1.65. The minimum atomic E-state index is -0.178. The zero-order chi connectivity index (χ0) is 15.7. The van der Waals surface area contributed by atoms with E-state index in [9.17, 15) is 4.79 Å². The van der Waals surface area contributed by atoms with Crippen LogP contribution < -0.4 is 10.2 Å². The van der Waals surface area contributed by atoms with Crippen molar-refractivity contribution < 1.29 is 4.79 Å². The van der Waals surface area contributed by atoms with Crippen LogP contribution in [-0.2, 0) is 13.0 Å². The topological polar surface area (TPSA) is 75.9 Å². The predicted molar refractivity (Wildman–Crippen MR) is 82.9 cm³/mol. The lowest BCUT2D eigenvalue weighted by Crippen LogP contribution is -2.41. The molecule has 3 rings (SSSR count). The molecule has 7 nitrogen and oxygen atoms in total. The molecule has 1 aliphatic heterocycles. The van der Waals surface area contributed by atoms with Crippen LogP contribution in [0.5, 0.6) is 0 Å². The molecule has 0 aliphatic carbocycles. The number of nitrogens with one attached hydrogen (secondary N) is 1. The number of amides is 1. The molecule has 116 valence electrons. The number of hydrogen-bond acceptors (Lipinski definition) is 5. The number of rotatable bonds is 3. The van der Waals surface area contributed by atoms with E-state index in [1.54, 1.807) is 12.1 Å². The molecule has 0 fully saturated rings. The Hall–Kier alpha value is -2.44. The molecular formula is C15H20N6O. The molecule has 0 aromatic carbocycles. The number of anilines is 1. The first-order valence-corrected chi connectivity index (χ1v) is 7.37. The minimum absolute atomic E-state index is 0.101. The minimum Gasteiger partial charge on any atom is -0.361 e. The lowest BCUT2D eigenvalue weighted by Gasteiger charge is -2.24. The van der Waals surface area contributed by atoms with Crippen LogP contribution in [0.2, 0.25) is 0 Å². The summed E-state index contributed by atoms with van der Waals surface area (Å²) in [6.07, 6.45) is 3.80. The van der Waals surface area contributed by atoms with Crippen molar-refractivity contribution in [1.29, 1.82) is 0 Å². The Labute approximate surface area is 129 Å². The van der Waals surface area contributed by atoms with E-state index >= 15 is 0 Å². The van der Waals surface area contributed by atoms with Crippen LogP contribution in [0.1, 0.15) is 28.4 Å². The van der Waals surface area contributed by atoms with E-state index in [1.165, 1.54) is 0 Å². The molecule has 0 saturated carbocycles. The smallest absolute Gasteiger partial charge is 0.272 e. The molecule has 7 heteroatoms. The van der Waals surface area contributed by atoms with Crippen LogP contribution in [0.25, 0.3) is 0 Å². The van der Waals surface area contributed by atoms with Crippen LogP contribution in [0, 0.1) is 6.92 Å². The molecule has 22 heavy (non-hydrogen) atoms. The Morgan fingerprint density at radius 2 is 2.18 bits per heavy atom. The first kappa shape index (κ1) is 14.5. The maximum Gasteiger partial charge on any atom is 0.272 e. The van der Waals surface area contributed by atoms with Crippen LogP contribution >= 0.6 is 0 Å². The fourth-order valence-electron chi connectivity index (χ4n) is 2.65. The quantitative estimate of drug-likeness (QED) is 0.907. The van der Waals surface area contributed by atoms with E-state index in [-0.39, 0.29) is 11.9 Å². The van der Waals surface area contributed by atoms with Crippen molar-refractivity contribution in [1.82, 2.24) is 25.1 Å². The Kier molecular flexibility index (Phi) is 3.79. The highest BCUT2D eigenvalue weighted by molar-refractivity contribution is 5.92. The molecule has 3 heterocycles. The predicted octanol–water partition coefficient (Wildman–Crippen LogP) is 0.792. The maximum absolute atomic E-state index is 12.3. The zero-order valence-corrected chi connectivity index (χ0v) is 13.1. The Morgan fingerprint density at radius 3 is 2.86 bits per heavy atom. The molecule has 1 aliphatic rings. The van der Waals surface area contributed by atoms with Gasteiger partial charge < -0.3 is 14.8 Å². The number of hydrogen-bond donors (Lipinski definition) is 1. The third kappa shape index (κ3) is 2.93. The van der Waals surface area contributed by atoms with Crippen molar-refractivity contribution in [3.63, 3.8) is 0 Å². The second kappa shape index (κ2) is 5.75. The summed E-state index contributed by atoms with van der Waals surface area (Å²) < 4.78 is 2.12. The fraction of sp³-hybridized carbons (Fsp3) is 0.467. The van der Waals surface area contributed by atoms with Gasteiger partial charge in [-0.15, -0.1) is 10.2 Å². The van der Waals surface area contributed by atoms with Crippen molar-refractivity contribution in [2.75, 3.05) is 19.0 Å². The zero-order valence-electron chi connectivity index (χ0n) is 13.1. The molecule has 1 unspecified atom stereocenters. The number of carbonyl (C=O) groups is 1. The SMILES string of the molecule is Cc1cn2c(n1)CCC(NC(=O)c1ccc(N(C)C)nn1)C2. The van der Waals surface area contributed by atoms with Crippen LogP contribution in [0.15, 0.2) is 18.3 Å². The summed E-state index contributed by atoms with van der Waals surface area (Å²) in [5, 5.41) is 11.1. The van der Waals surface area contributed by atoms with Gasteiger partial charge in [0.15, 0.2) is 11.5 Å². The van der Waals surface area contributed by atoms with E-state index in [2.05, 4.69) is 25.1 Å². The number of fused-ring (bicyclic) bond motifs is 1. The van der Waals surface area contributed by atoms with E-state index in [4.69, 9.17) is 0 Å². The monoisotopic (exact) mass is 300 g/mol. The van der Waals surface area contributed by atoms with E-state index < -0.39 is 0 Å². The Morgan fingerprint density at radius 1 is 1.36 bits per heavy atom. The number of imidazole rings is 1. The van der Waals surface area contributed by atoms with E-state index in [0.717, 1.165) is 36.7 Å². The Bertz CT molecular complexity index is 676. The highest BCUT2D eigenvalue weighted by Crippen LogP contribution is 2.15. The van der Waals surface area contributed by atoms with Gasteiger partial charge in [-0.25, -0.2) is 4.98 Å². The standard InChI is InChI=1S/C15H20N6O/c1-10-8-21-9-11(4-6-13(21)16-10)17-15(22)12-5-7-14(19-18-12)20(2)3/h5,7-8,11H,4,6,9H2,1-3H3,(H,17,22). The number of aryl methyl sites for hydroxylation is 2. The molecule has 0 spiro atoms. The van der Waals surface area contributed by atoms with E-state index in [0.29, 0.717) is 5.69 Å². The van der Waals surface area contributed by atoms with Gasteiger partial charge in [-0.1, -0.05) is 0 Å². The highest BCUT2D eigenvalue weighted by Gasteiger charge is 2.22. The molecule has 1 amide bonds. The maximum atomic E-state index is 12.3. The summed E-state index contributed by atoms with van der Waals surface area (Å²) >= 11 is 0. The normalized spacial score (nSPS) is 17.0. The summed E-state index contributed by atoms with van der Waals surface area (Å²) in [5.41, 5.74) is 1.37. The second-order valence-corrected chi connectivity index (χ2v) is 5.83. The first-order valence-electron chi connectivity index (χ1n) is 7.37. The summed E-state index contributed by atoms with van der Waals surface area (Å²) in [7, 11) is 3.77. The number of aromatic nitrogens is 4. The lowest BCUT2D eigenvalue weighted by atomic mass is 10.1.